The number of anilines is 1. The van der Waals surface area contributed by atoms with E-state index in [2.05, 4.69) is 56.8 Å². The average molecular weight is 380 g/mol. The van der Waals surface area contributed by atoms with Gasteiger partial charge in [-0.15, -0.1) is 0 Å². The summed E-state index contributed by atoms with van der Waals surface area (Å²) in [6, 6.07) is 15.6. The zero-order chi connectivity index (χ0) is 19.6. The van der Waals surface area contributed by atoms with Crippen LogP contribution in [0.15, 0.2) is 53.7 Å². The number of nitrogens with zero attached hydrogens (tertiary/aromatic N) is 3. The number of nitrogens with one attached hydrogen (secondary N) is 2. The molecule has 1 saturated carbocycles. The summed E-state index contributed by atoms with van der Waals surface area (Å²) >= 11 is 0. The van der Waals surface area contributed by atoms with Crippen LogP contribution in [-0.2, 0) is 13.0 Å². The lowest BCUT2D eigenvalue weighted by Crippen LogP contribution is -2.38. The van der Waals surface area contributed by atoms with E-state index in [0.29, 0.717) is 6.04 Å². The van der Waals surface area contributed by atoms with E-state index in [4.69, 9.17) is 0 Å². The van der Waals surface area contributed by atoms with E-state index >= 15 is 0 Å². The van der Waals surface area contributed by atoms with Crippen molar-refractivity contribution >= 4 is 11.6 Å². The van der Waals surface area contributed by atoms with Crippen molar-refractivity contribution in [3.8, 4) is 0 Å². The number of rotatable bonds is 7. The monoisotopic (exact) mass is 379 g/mol. The zero-order valence-corrected chi connectivity index (χ0v) is 17.2. The van der Waals surface area contributed by atoms with Gasteiger partial charge in [0.1, 0.15) is 0 Å². The third-order valence-corrected chi connectivity index (χ3v) is 5.55. The predicted octanol–water partition coefficient (Wildman–Crippen LogP) is 3.76. The molecule has 5 nitrogen and oxygen atoms in total. The summed E-state index contributed by atoms with van der Waals surface area (Å²) in [5.74, 6) is 0.819. The van der Waals surface area contributed by atoms with Crippen LogP contribution >= 0.6 is 0 Å². The first-order valence-corrected chi connectivity index (χ1v) is 10.4. The van der Waals surface area contributed by atoms with Crippen molar-refractivity contribution in [3.05, 3.63) is 59.9 Å². The molecule has 1 aromatic heterocycles. The Bertz CT molecular complexity index is 720. The van der Waals surface area contributed by atoms with Crippen molar-refractivity contribution in [1.29, 1.82) is 0 Å². The highest BCUT2D eigenvalue weighted by atomic mass is 15.2. The molecular weight excluding hydrogens is 346 g/mol. The van der Waals surface area contributed by atoms with Gasteiger partial charge in [-0.2, -0.15) is 0 Å². The Morgan fingerprint density at radius 1 is 1.07 bits per heavy atom. The Balaban J connectivity index is 1.44. The second-order valence-corrected chi connectivity index (χ2v) is 7.49. The Hall–Kier alpha value is -2.56. The number of hydrogen-bond donors (Lipinski definition) is 2. The molecule has 1 aliphatic rings. The summed E-state index contributed by atoms with van der Waals surface area (Å²) in [5, 5.41) is 6.74. The van der Waals surface area contributed by atoms with Crippen molar-refractivity contribution in [2.24, 2.45) is 4.99 Å². The van der Waals surface area contributed by atoms with Crippen LogP contribution in [-0.4, -0.2) is 37.6 Å². The van der Waals surface area contributed by atoms with Crippen LogP contribution in [0.4, 0.5) is 5.69 Å². The molecule has 2 N–H and O–H groups in total. The molecule has 0 atom stereocenters. The third kappa shape index (κ3) is 5.98. The molecule has 0 amide bonds. The SMILES string of the molecule is CN=C(NCCc1ccccn1)NCc1ccc(N(C)C2CCCCC2)cc1. The highest BCUT2D eigenvalue weighted by molar-refractivity contribution is 5.79. The molecule has 1 fully saturated rings. The maximum absolute atomic E-state index is 4.35. The molecule has 0 aliphatic heterocycles. The molecule has 5 heteroatoms. The quantitative estimate of drug-likeness (QED) is 0.568. The largest absolute Gasteiger partial charge is 0.372 e. The van der Waals surface area contributed by atoms with Crippen LogP contribution < -0.4 is 15.5 Å². The van der Waals surface area contributed by atoms with Gasteiger partial charge in [0.05, 0.1) is 0 Å². The van der Waals surface area contributed by atoms with Crippen LogP contribution in [0.1, 0.15) is 43.4 Å². The van der Waals surface area contributed by atoms with E-state index in [1.165, 1.54) is 43.4 Å². The number of aliphatic imine (C=N–C) groups is 1. The smallest absolute Gasteiger partial charge is 0.191 e. The number of aromatic nitrogens is 1. The van der Waals surface area contributed by atoms with Gasteiger partial charge >= 0.3 is 0 Å². The van der Waals surface area contributed by atoms with Crippen LogP contribution in [0, 0.1) is 0 Å². The fourth-order valence-electron chi connectivity index (χ4n) is 3.79. The van der Waals surface area contributed by atoms with Crippen molar-refractivity contribution in [1.82, 2.24) is 15.6 Å². The first kappa shape index (κ1) is 20.2. The van der Waals surface area contributed by atoms with Gasteiger partial charge in [0, 0.05) is 57.2 Å². The fourth-order valence-corrected chi connectivity index (χ4v) is 3.79. The number of guanidine groups is 1. The van der Waals surface area contributed by atoms with E-state index in [1.807, 2.05) is 24.4 Å². The standard InChI is InChI=1S/C23H33N5/c1-24-23(26-17-15-20-8-6-7-16-25-20)27-18-19-11-13-22(14-12-19)28(2)21-9-4-3-5-10-21/h6-8,11-14,16,21H,3-5,9-10,15,17-18H2,1-2H3,(H2,24,26,27). The van der Waals surface area contributed by atoms with Crippen molar-refractivity contribution < 1.29 is 0 Å². The number of pyridine rings is 1. The van der Waals surface area contributed by atoms with Crippen LogP contribution in [0.5, 0.6) is 0 Å². The second kappa shape index (κ2) is 10.7. The minimum absolute atomic E-state index is 0.694. The maximum Gasteiger partial charge on any atom is 0.191 e. The molecule has 1 heterocycles. The summed E-state index contributed by atoms with van der Waals surface area (Å²) in [6.07, 6.45) is 9.47. The van der Waals surface area contributed by atoms with E-state index in [9.17, 15) is 0 Å². The van der Waals surface area contributed by atoms with Crippen LogP contribution in [0.3, 0.4) is 0 Å². The summed E-state index contributed by atoms with van der Waals surface area (Å²) in [7, 11) is 4.04. The van der Waals surface area contributed by atoms with Crippen LogP contribution in [0.25, 0.3) is 0 Å². The van der Waals surface area contributed by atoms with E-state index in [-0.39, 0.29) is 0 Å². The Labute approximate surface area is 169 Å². The van der Waals surface area contributed by atoms with E-state index in [0.717, 1.165) is 31.2 Å². The molecule has 3 rings (SSSR count). The van der Waals surface area contributed by atoms with Gasteiger partial charge in [-0.3, -0.25) is 9.98 Å². The van der Waals surface area contributed by atoms with Crippen molar-refractivity contribution in [3.63, 3.8) is 0 Å². The minimum Gasteiger partial charge on any atom is -0.372 e. The molecule has 0 saturated heterocycles. The molecule has 0 bridgehead atoms. The molecule has 0 spiro atoms. The number of benzene rings is 1. The molecule has 150 valence electrons. The van der Waals surface area contributed by atoms with Gasteiger partial charge in [0.15, 0.2) is 5.96 Å². The van der Waals surface area contributed by atoms with E-state index in [1.54, 1.807) is 7.05 Å². The lowest BCUT2D eigenvalue weighted by Gasteiger charge is -2.33. The first-order chi connectivity index (χ1) is 13.8. The predicted molar refractivity (Wildman–Crippen MR) is 118 cm³/mol. The summed E-state index contributed by atoms with van der Waals surface area (Å²) in [5.41, 5.74) is 3.66. The molecule has 2 aromatic rings. The van der Waals surface area contributed by atoms with Gasteiger partial charge in [0.2, 0.25) is 0 Å². The lowest BCUT2D eigenvalue weighted by molar-refractivity contribution is 0.427. The first-order valence-electron chi connectivity index (χ1n) is 10.4. The summed E-state index contributed by atoms with van der Waals surface area (Å²) in [4.78, 5) is 11.1. The Kier molecular flexibility index (Phi) is 7.71. The highest BCUT2D eigenvalue weighted by Crippen LogP contribution is 2.26. The summed E-state index contributed by atoms with van der Waals surface area (Å²) in [6.45, 7) is 1.57. The maximum atomic E-state index is 4.35. The Morgan fingerprint density at radius 2 is 1.86 bits per heavy atom. The molecule has 0 unspecified atom stereocenters. The lowest BCUT2D eigenvalue weighted by atomic mass is 9.94. The molecule has 1 aliphatic carbocycles. The van der Waals surface area contributed by atoms with Crippen LogP contribution in [0.2, 0.25) is 0 Å². The molecule has 28 heavy (non-hydrogen) atoms. The molecular formula is C23H33N5. The normalized spacial score (nSPS) is 15.3. The second-order valence-electron chi connectivity index (χ2n) is 7.49. The molecule has 0 radical (unpaired) electrons. The van der Waals surface area contributed by atoms with Crippen molar-refractivity contribution in [2.75, 3.05) is 25.5 Å². The third-order valence-electron chi connectivity index (χ3n) is 5.55. The average Bonchev–Trinajstić information content (AvgIpc) is 2.77. The minimum atomic E-state index is 0.694. The van der Waals surface area contributed by atoms with Gasteiger partial charge in [-0.25, -0.2) is 0 Å². The fraction of sp³-hybridized carbons (Fsp3) is 0.478. The van der Waals surface area contributed by atoms with Gasteiger partial charge in [-0.1, -0.05) is 37.5 Å². The number of hydrogen-bond acceptors (Lipinski definition) is 3. The molecule has 1 aromatic carbocycles. The van der Waals surface area contributed by atoms with Gasteiger partial charge in [0.25, 0.3) is 0 Å². The Morgan fingerprint density at radius 3 is 2.54 bits per heavy atom. The van der Waals surface area contributed by atoms with Gasteiger partial charge < -0.3 is 15.5 Å². The summed E-state index contributed by atoms with van der Waals surface area (Å²) < 4.78 is 0. The van der Waals surface area contributed by atoms with Crippen molar-refractivity contribution in [2.45, 2.75) is 51.1 Å². The topological polar surface area (TPSA) is 52.6 Å². The zero-order valence-electron chi connectivity index (χ0n) is 17.2. The van der Waals surface area contributed by atoms with E-state index < -0.39 is 0 Å². The van der Waals surface area contributed by atoms with Gasteiger partial charge in [-0.05, 0) is 42.7 Å². The highest BCUT2D eigenvalue weighted by Gasteiger charge is 2.18.